The molecule has 0 radical (unpaired) electrons. The number of furan rings is 1. The first kappa shape index (κ1) is 85.4. The molecule has 20 aromatic carbocycles. The third kappa shape index (κ3) is 15.6. The fraction of sp³-hybridized carbons (Fsp3) is 0.0236. The van der Waals surface area contributed by atoms with Crippen LogP contribution in [-0.4, -0.2) is 0 Å². The fourth-order valence-corrected chi connectivity index (χ4v) is 20.7. The topological polar surface area (TPSA) is 41.3 Å². The van der Waals surface area contributed by atoms with Gasteiger partial charge in [0.2, 0.25) is 0 Å². The Labute approximate surface area is 800 Å². The summed E-state index contributed by atoms with van der Waals surface area (Å²) in [6.45, 7) is 7.79. The van der Waals surface area contributed by atoms with Crippen molar-refractivity contribution in [2.24, 2.45) is 0 Å². The number of nitrogens with zero attached hydrogens (tertiary/aromatic N) is 3. The van der Waals surface area contributed by atoms with Crippen molar-refractivity contribution in [1.82, 2.24) is 0 Å². The second-order valence-corrected chi connectivity index (χ2v) is 35.1. The minimum Gasteiger partial charge on any atom is -0.457 e. The van der Waals surface area contributed by atoms with Crippen LogP contribution in [0.4, 0.5) is 77.5 Å². The molecule has 0 aliphatic heterocycles. The highest BCUT2D eigenvalue weighted by Crippen LogP contribution is 2.61. The summed E-state index contributed by atoms with van der Waals surface area (Å²) in [5.74, 6) is 0.168. The molecule has 666 valence electrons. The Morgan fingerprint density at radius 2 is 0.482 bits per heavy atom. The number of anilines is 9. The van der Waals surface area contributed by atoms with Crippen LogP contribution in [0.25, 0.3) is 78.6 Å². The quantitative estimate of drug-likeness (QED) is 0.0444. The van der Waals surface area contributed by atoms with E-state index in [1.165, 1.54) is 72.8 Å². The van der Waals surface area contributed by atoms with Crippen molar-refractivity contribution in [2.45, 2.75) is 16.7 Å². The molecule has 6 nitrogen and oxygen atoms in total. The van der Waals surface area contributed by atoms with Crippen molar-refractivity contribution in [2.75, 3.05) is 14.7 Å². The lowest BCUT2D eigenvalue weighted by atomic mass is 9.67. The molecule has 3 unspecified atom stereocenters. The fourth-order valence-electron chi connectivity index (χ4n) is 20.7. The summed E-state index contributed by atoms with van der Waals surface area (Å²) >= 11 is 0. The predicted molar refractivity (Wildman–Crippen MR) is 550 cm³/mol. The summed E-state index contributed by atoms with van der Waals surface area (Å²) < 4.78 is 110. The Morgan fingerprint density at radius 1 is 0.230 bits per heavy atom. The van der Waals surface area contributed by atoms with Gasteiger partial charge in [-0.1, -0.05) is 238 Å². The van der Waals surface area contributed by atoms with Gasteiger partial charge in [-0.2, -0.15) is 0 Å². The lowest BCUT2D eigenvalue weighted by Crippen LogP contribution is -2.28. The molecule has 12 heteroatoms. The van der Waals surface area contributed by atoms with Crippen LogP contribution >= 0.6 is 0 Å². The first-order valence-electron chi connectivity index (χ1n) is 46.0. The van der Waals surface area contributed by atoms with E-state index in [1.54, 1.807) is 48.6 Å². The summed E-state index contributed by atoms with van der Waals surface area (Å²) in [6.07, 6.45) is 3.58. The van der Waals surface area contributed by atoms with Gasteiger partial charge in [0.05, 0.1) is 10.8 Å². The molecule has 2 aliphatic rings. The molecule has 1 aromatic heterocycles. The van der Waals surface area contributed by atoms with Crippen LogP contribution in [0.1, 0.15) is 78.2 Å². The summed E-state index contributed by atoms with van der Waals surface area (Å²) in [5.41, 5.74) is 27.0. The predicted octanol–water partition coefficient (Wildman–Crippen LogP) is 34.9. The van der Waals surface area contributed by atoms with E-state index in [0.29, 0.717) is 34.2 Å². The molecule has 139 heavy (non-hydrogen) atoms. The molecule has 0 bridgehead atoms. The Balaban J connectivity index is 0.546. The molecule has 0 spiro atoms. The number of ether oxygens (including phenoxy) is 2. The van der Waals surface area contributed by atoms with Crippen LogP contribution in [-0.2, 0) is 10.8 Å². The Bertz CT molecular complexity index is 7730. The maximum absolute atomic E-state index is 15.2. The second kappa shape index (κ2) is 35.6. The first-order chi connectivity index (χ1) is 68.1. The maximum Gasteiger partial charge on any atom is 0.135 e. The van der Waals surface area contributed by atoms with E-state index in [4.69, 9.17) is 13.9 Å². The van der Waals surface area contributed by atoms with Crippen molar-refractivity contribution in [1.29, 1.82) is 0 Å². The molecule has 0 saturated heterocycles. The largest absolute Gasteiger partial charge is 0.457 e. The average Bonchev–Trinajstić information content (AvgIpc) is 1.54. The van der Waals surface area contributed by atoms with Gasteiger partial charge in [-0.05, 0) is 366 Å². The third-order valence-electron chi connectivity index (χ3n) is 27.2. The van der Waals surface area contributed by atoms with Crippen molar-refractivity contribution >= 4 is 85.3 Å². The zero-order chi connectivity index (χ0) is 94.0. The summed E-state index contributed by atoms with van der Waals surface area (Å²) in [4.78, 5) is 6.36. The number of fused-ring (bicyclic) bond motifs is 9. The smallest absolute Gasteiger partial charge is 0.135 e. The number of halogens is 6. The van der Waals surface area contributed by atoms with Crippen molar-refractivity contribution in [3.05, 3.63) is 581 Å². The molecule has 3 atom stereocenters. The van der Waals surface area contributed by atoms with E-state index in [-0.39, 0.29) is 40.8 Å². The van der Waals surface area contributed by atoms with Crippen LogP contribution in [0.5, 0.6) is 23.0 Å². The Kier molecular flexibility index (Phi) is 21.9. The van der Waals surface area contributed by atoms with Gasteiger partial charge in [-0.3, -0.25) is 0 Å². The van der Waals surface area contributed by atoms with Crippen LogP contribution in [0, 0.1) is 34.9 Å². The summed E-state index contributed by atoms with van der Waals surface area (Å²) in [7, 11) is 0. The number of benzene rings is 20. The lowest BCUT2D eigenvalue weighted by molar-refractivity contribution is 0.482. The molecule has 1 heterocycles. The zero-order valence-electron chi connectivity index (χ0n) is 74.9. The minimum absolute atomic E-state index is 0.346. The molecule has 0 N–H and O–H groups in total. The van der Waals surface area contributed by atoms with Gasteiger partial charge in [-0.25, -0.2) is 26.3 Å². The SMILES string of the molecule is C=Cc1ccc(Oc2ccc(C3(c4ccc(F)cc4)c4ccccc4-c4ccc(N(c5ccc(F)cc5)c5ccc(-c6ccc(C(c7ccc(F)cc7)c7ccc8oc9ccc(N(c%10ccc(F)cc%10)c%10ccc(-c%11ccc(N(c%12ccc(F)cc%12)c%12ccc%13c(c%12)C(c%12ccc(F)cc%12)(c%12ccc(Oc%14ccc(C=C)cc%14)cc%12)c%12ccccc%12-%13)cc%11)cc%10)cc9c8c7)cc6)cc5)cc43)cc2)cc1. The third-order valence-corrected chi connectivity index (χ3v) is 27.2. The number of hydrogen-bond acceptors (Lipinski definition) is 6. The highest BCUT2D eigenvalue weighted by molar-refractivity contribution is 6.07. The van der Waals surface area contributed by atoms with Crippen LogP contribution in [0.2, 0.25) is 0 Å². The molecular formula is C127H83F6N3O3. The van der Waals surface area contributed by atoms with Crippen LogP contribution in [0.15, 0.2) is 479 Å². The Morgan fingerprint density at radius 3 is 0.835 bits per heavy atom. The molecule has 0 saturated carbocycles. The summed E-state index contributed by atoms with van der Waals surface area (Å²) in [6, 6.07) is 147. The van der Waals surface area contributed by atoms with E-state index >= 15 is 26.3 Å². The maximum atomic E-state index is 15.2. The lowest BCUT2D eigenvalue weighted by Gasteiger charge is -2.35. The normalized spacial score (nSPS) is 14.1. The minimum atomic E-state index is -0.924. The van der Waals surface area contributed by atoms with E-state index in [9.17, 15) is 0 Å². The first-order valence-corrected chi connectivity index (χ1v) is 46.0. The van der Waals surface area contributed by atoms with Crippen LogP contribution < -0.4 is 24.2 Å². The number of rotatable bonds is 24. The number of hydrogen-bond donors (Lipinski definition) is 0. The van der Waals surface area contributed by atoms with E-state index in [1.807, 2.05) is 152 Å². The second-order valence-electron chi connectivity index (χ2n) is 35.1. The monoisotopic (exact) mass is 1810 g/mol. The van der Waals surface area contributed by atoms with Crippen molar-refractivity contribution in [3.63, 3.8) is 0 Å². The molecule has 0 amide bonds. The molecule has 21 aromatic rings. The molecule has 23 rings (SSSR count). The Hall–Kier alpha value is -17.7. The van der Waals surface area contributed by atoms with Crippen LogP contribution in [0.3, 0.4) is 0 Å². The average molecular weight is 1810 g/mol. The molecule has 2 aliphatic carbocycles. The van der Waals surface area contributed by atoms with E-state index in [2.05, 4.69) is 228 Å². The van der Waals surface area contributed by atoms with E-state index in [0.717, 1.165) is 179 Å². The van der Waals surface area contributed by atoms with Gasteiger partial charge >= 0.3 is 0 Å². The van der Waals surface area contributed by atoms with Crippen molar-refractivity contribution < 1.29 is 40.2 Å². The van der Waals surface area contributed by atoms with Gasteiger partial charge in [0, 0.05) is 67.9 Å². The van der Waals surface area contributed by atoms with Gasteiger partial charge in [0.25, 0.3) is 0 Å². The standard InChI is InChI=1S/C127H83F6N3O3/c1-3-81-13-65-109(66-14-81)137-111-69-34-92(35-70-111)126(90-30-40-95(129)41-31-90)119-11-7-5-9-113(119)115-73-62-107(79-121(115)126)135(104-58-46-98(132)47-59-104)101-52-23-84(24-53-101)83-17-19-87(20-18-83)125(88-21-38-94(128)39-22-88)89-29-75-123-117(77-89)118-78-106(64-76-124(118)139-123)134(103-56-44-97(131)45-57-103)100-50-25-85(26-51-100)86-27-54-102(55-28-86)136(105-60-48-99(133)49-61-105)108-63-74-116-114-10-6-8-12-120(114)127(122(116)80-108,91-32-42-96(130)43-33-91)93-36-71-112(72-37-93)138-110-67-15-82(4-2)16-68-110/h3-80,125H,1-2H2. The molecule has 0 fully saturated rings. The zero-order valence-corrected chi connectivity index (χ0v) is 74.9. The highest BCUT2D eigenvalue weighted by atomic mass is 19.1. The van der Waals surface area contributed by atoms with Gasteiger partial charge in [0.1, 0.15) is 69.1 Å². The van der Waals surface area contributed by atoms with Crippen molar-refractivity contribution in [3.8, 4) is 67.5 Å². The van der Waals surface area contributed by atoms with Gasteiger partial charge < -0.3 is 28.6 Å². The highest BCUT2D eigenvalue weighted by Gasteiger charge is 2.49. The van der Waals surface area contributed by atoms with E-state index < -0.39 is 10.8 Å². The molecular weight excluding hydrogens is 1730 g/mol. The van der Waals surface area contributed by atoms with Gasteiger partial charge in [0.15, 0.2) is 0 Å². The summed E-state index contributed by atoms with van der Waals surface area (Å²) in [5, 5.41) is 1.71. The van der Waals surface area contributed by atoms with Gasteiger partial charge in [-0.15, -0.1) is 0 Å².